The van der Waals surface area contributed by atoms with Crippen LogP contribution in [0.1, 0.15) is 23.5 Å². The van der Waals surface area contributed by atoms with Gasteiger partial charge in [0.1, 0.15) is 0 Å². The monoisotopic (exact) mass is 166 g/mol. The van der Waals surface area contributed by atoms with Crippen molar-refractivity contribution in [2.45, 2.75) is 12.8 Å². The molecule has 0 spiro atoms. The van der Waals surface area contributed by atoms with Crippen LogP contribution < -0.4 is 0 Å². The van der Waals surface area contributed by atoms with Gasteiger partial charge in [-0.25, -0.2) is 9.78 Å². The highest BCUT2D eigenvalue weighted by Crippen LogP contribution is 2.28. The first kappa shape index (κ1) is 7.34. The molecule has 0 aliphatic heterocycles. The van der Waals surface area contributed by atoms with Crippen LogP contribution in [-0.2, 0) is 4.74 Å². The molecular formula is C8H10N2O2. The lowest BCUT2D eigenvalue weighted by molar-refractivity contribution is 0.0473. The Morgan fingerprint density at radius 2 is 2.58 bits per heavy atom. The summed E-state index contributed by atoms with van der Waals surface area (Å²) in [7, 11) is 0. The largest absolute Gasteiger partial charge is 0.460 e. The predicted octanol–water partition coefficient (Wildman–Crippen LogP) is 0.976. The lowest BCUT2D eigenvalue weighted by Gasteiger charge is -1.99. The lowest BCUT2D eigenvalue weighted by Crippen LogP contribution is -2.08. The Morgan fingerprint density at radius 1 is 1.75 bits per heavy atom. The second kappa shape index (κ2) is 2.97. The fourth-order valence-electron chi connectivity index (χ4n) is 0.923. The van der Waals surface area contributed by atoms with E-state index < -0.39 is 0 Å². The molecule has 12 heavy (non-hydrogen) atoms. The number of H-pyrrole nitrogens is 1. The molecule has 0 bridgehead atoms. The van der Waals surface area contributed by atoms with Gasteiger partial charge in [-0.15, -0.1) is 0 Å². The van der Waals surface area contributed by atoms with Crippen molar-refractivity contribution in [1.29, 1.82) is 0 Å². The van der Waals surface area contributed by atoms with Crippen molar-refractivity contribution >= 4 is 5.97 Å². The summed E-state index contributed by atoms with van der Waals surface area (Å²) >= 11 is 0. The number of ether oxygens (including phenoxy) is 1. The molecule has 0 amide bonds. The van der Waals surface area contributed by atoms with Gasteiger partial charge in [0.05, 0.1) is 6.61 Å². The molecule has 0 atom stereocenters. The first-order valence-electron chi connectivity index (χ1n) is 4.03. The summed E-state index contributed by atoms with van der Waals surface area (Å²) in [6.45, 7) is 0.541. The fourth-order valence-corrected chi connectivity index (χ4v) is 0.923. The van der Waals surface area contributed by atoms with Gasteiger partial charge >= 0.3 is 5.97 Å². The van der Waals surface area contributed by atoms with Crippen LogP contribution in [0.15, 0.2) is 12.4 Å². The summed E-state index contributed by atoms with van der Waals surface area (Å²) in [6.07, 6.45) is 5.51. The highest BCUT2D eigenvalue weighted by molar-refractivity contribution is 5.85. The summed E-state index contributed by atoms with van der Waals surface area (Å²) in [5, 5.41) is 0. The molecule has 1 saturated carbocycles. The molecule has 0 saturated heterocycles. The van der Waals surface area contributed by atoms with Crippen LogP contribution in [0, 0.1) is 5.92 Å². The topological polar surface area (TPSA) is 55.0 Å². The number of aromatic nitrogens is 2. The van der Waals surface area contributed by atoms with Gasteiger partial charge in [0.25, 0.3) is 0 Å². The Labute approximate surface area is 70.0 Å². The van der Waals surface area contributed by atoms with Crippen molar-refractivity contribution in [3.63, 3.8) is 0 Å². The first-order chi connectivity index (χ1) is 5.86. The minimum Gasteiger partial charge on any atom is -0.460 e. The Morgan fingerprint density at radius 3 is 3.17 bits per heavy atom. The maximum Gasteiger partial charge on any atom is 0.374 e. The molecule has 4 nitrogen and oxygen atoms in total. The molecule has 1 heterocycles. The van der Waals surface area contributed by atoms with Crippen LogP contribution in [0.2, 0.25) is 0 Å². The van der Waals surface area contributed by atoms with Crippen LogP contribution in [0.5, 0.6) is 0 Å². The lowest BCUT2D eigenvalue weighted by atomic mass is 10.5. The smallest absolute Gasteiger partial charge is 0.374 e. The van der Waals surface area contributed by atoms with Gasteiger partial charge in [0.15, 0.2) is 0 Å². The third-order valence-corrected chi connectivity index (χ3v) is 1.84. The van der Waals surface area contributed by atoms with E-state index in [2.05, 4.69) is 9.97 Å². The van der Waals surface area contributed by atoms with Crippen molar-refractivity contribution in [3.8, 4) is 0 Å². The van der Waals surface area contributed by atoms with Crippen LogP contribution in [0.25, 0.3) is 0 Å². The molecule has 1 aliphatic rings. The summed E-state index contributed by atoms with van der Waals surface area (Å²) in [5.41, 5.74) is 0. The number of aromatic amines is 1. The molecular weight excluding hydrogens is 156 g/mol. The minimum atomic E-state index is -0.355. The van der Waals surface area contributed by atoms with E-state index >= 15 is 0 Å². The summed E-state index contributed by atoms with van der Waals surface area (Å²) in [5.74, 6) is 0.534. The fraction of sp³-hybridized carbons (Fsp3) is 0.500. The van der Waals surface area contributed by atoms with Gasteiger partial charge < -0.3 is 9.72 Å². The zero-order chi connectivity index (χ0) is 8.39. The van der Waals surface area contributed by atoms with Crippen LogP contribution in [0.4, 0.5) is 0 Å². The maximum absolute atomic E-state index is 11.1. The van der Waals surface area contributed by atoms with Crippen molar-refractivity contribution in [1.82, 2.24) is 9.97 Å². The van der Waals surface area contributed by atoms with Crippen molar-refractivity contribution < 1.29 is 9.53 Å². The van der Waals surface area contributed by atoms with E-state index in [1.54, 1.807) is 6.20 Å². The minimum absolute atomic E-state index is 0.288. The van der Waals surface area contributed by atoms with Crippen molar-refractivity contribution in [2.24, 2.45) is 5.92 Å². The van der Waals surface area contributed by atoms with Gasteiger partial charge in [0, 0.05) is 12.4 Å². The van der Waals surface area contributed by atoms with E-state index in [9.17, 15) is 4.79 Å². The molecule has 1 aromatic heterocycles. The van der Waals surface area contributed by atoms with E-state index in [1.807, 2.05) is 0 Å². The van der Waals surface area contributed by atoms with Gasteiger partial charge in [0.2, 0.25) is 5.82 Å². The number of esters is 1. The Bertz CT molecular complexity index is 265. The Kier molecular flexibility index (Phi) is 1.81. The SMILES string of the molecule is O=C(OCC1CC1)c1ncc[nH]1. The Hall–Kier alpha value is -1.32. The highest BCUT2D eigenvalue weighted by atomic mass is 16.5. The third kappa shape index (κ3) is 1.64. The second-order valence-electron chi connectivity index (χ2n) is 2.98. The van der Waals surface area contributed by atoms with Gasteiger partial charge in [-0.3, -0.25) is 0 Å². The summed E-state index contributed by atoms with van der Waals surface area (Å²) < 4.78 is 4.98. The van der Waals surface area contributed by atoms with E-state index in [4.69, 9.17) is 4.74 Å². The van der Waals surface area contributed by atoms with Crippen LogP contribution in [-0.4, -0.2) is 22.5 Å². The number of rotatable bonds is 3. The second-order valence-corrected chi connectivity index (χ2v) is 2.98. The number of hydrogen-bond acceptors (Lipinski definition) is 3. The molecule has 4 heteroatoms. The Balaban J connectivity index is 1.83. The number of hydrogen-bond donors (Lipinski definition) is 1. The molecule has 1 aromatic rings. The molecule has 2 rings (SSSR count). The molecule has 0 radical (unpaired) electrons. The molecule has 1 fully saturated rings. The van der Waals surface area contributed by atoms with Crippen molar-refractivity contribution in [2.75, 3.05) is 6.61 Å². The van der Waals surface area contributed by atoms with Crippen LogP contribution >= 0.6 is 0 Å². The average molecular weight is 166 g/mol. The molecule has 0 aromatic carbocycles. The van der Waals surface area contributed by atoms with Crippen molar-refractivity contribution in [3.05, 3.63) is 18.2 Å². The molecule has 64 valence electrons. The highest BCUT2D eigenvalue weighted by Gasteiger charge is 2.23. The number of nitrogens with zero attached hydrogens (tertiary/aromatic N) is 1. The summed E-state index contributed by atoms with van der Waals surface area (Å²) in [4.78, 5) is 17.6. The zero-order valence-electron chi connectivity index (χ0n) is 6.62. The molecule has 1 N–H and O–H groups in total. The molecule has 1 aliphatic carbocycles. The predicted molar refractivity (Wildman–Crippen MR) is 41.6 cm³/mol. The van der Waals surface area contributed by atoms with E-state index in [-0.39, 0.29) is 11.8 Å². The van der Waals surface area contributed by atoms with Gasteiger partial charge in [-0.2, -0.15) is 0 Å². The average Bonchev–Trinajstić information content (AvgIpc) is 2.74. The third-order valence-electron chi connectivity index (χ3n) is 1.84. The summed E-state index contributed by atoms with van der Waals surface area (Å²) in [6, 6.07) is 0. The van der Waals surface area contributed by atoms with Crippen LogP contribution in [0.3, 0.4) is 0 Å². The number of carbonyl (C=O) groups is 1. The molecule has 0 unspecified atom stereocenters. The number of nitrogens with one attached hydrogen (secondary N) is 1. The van der Waals surface area contributed by atoms with E-state index in [1.165, 1.54) is 19.0 Å². The quantitative estimate of drug-likeness (QED) is 0.681. The van der Waals surface area contributed by atoms with Gasteiger partial charge in [-0.05, 0) is 18.8 Å². The number of carbonyl (C=O) groups excluding carboxylic acids is 1. The van der Waals surface area contributed by atoms with E-state index in [0.29, 0.717) is 12.5 Å². The zero-order valence-corrected chi connectivity index (χ0v) is 6.62. The van der Waals surface area contributed by atoms with E-state index in [0.717, 1.165) is 0 Å². The first-order valence-corrected chi connectivity index (χ1v) is 4.03. The maximum atomic E-state index is 11.1. The normalized spacial score (nSPS) is 16.0. The van der Waals surface area contributed by atoms with Gasteiger partial charge in [-0.1, -0.05) is 0 Å². The standard InChI is InChI=1S/C8H10N2O2/c11-8(7-9-3-4-10-7)12-5-6-1-2-6/h3-4,6H,1-2,5H2,(H,9,10). The number of imidazole rings is 1.